The van der Waals surface area contributed by atoms with E-state index in [9.17, 15) is 13.2 Å². The van der Waals surface area contributed by atoms with Gasteiger partial charge in [-0.05, 0) is 18.6 Å². The Morgan fingerprint density at radius 3 is 2.40 bits per heavy atom. The van der Waals surface area contributed by atoms with Crippen molar-refractivity contribution < 1.29 is 13.2 Å². The standard InChI is InChI=1S/C11H10ClF3/c1-8(12)6-7-9-4-2-3-5-10(9)11(13,14)15/h2-8H,1H3/b7-6+. The third kappa shape index (κ3) is 3.59. The molecule has 0 radical (unpaired) electrons. The van der Waals surface area contributed by atoms with Gasteiger partial charge in [-0.3, -0.25) is 0 Å². The topological polar surface area (TPSA) is 0 Å². The molecule has 0 amide bonds. The Balaban J connectivity index is 3.08. The summed E-state index contributed by atoms with van der Waals surface area (Å²) >= 11 is 5.63. The maximum Gasteiger partial charge on any atom is 0.416 e. The highest BCUT2D eigenvalue weighted by Gasteiger charge is 2.32. The van der Waals surface area contributed by atoms with Crippen LogP contribution in [0.1, 0.15) is 18.1 Å². The first kappa shape index (κ1) is 12.1. The van der Waals surface area contributed by atoms with Crippen LogP contribution in [0.25, 0.3) is 6.08 Å². The number of rotatable bonds is 2. The van der Waals surface area contributed by atoms with Gasteiger partial charge in [0.2, 0.25) is 0 Å². The second-order valence-corrected chi connectivity index (χ2v) is 3.81. The Bertz CT molecular complexity index is 353. The van der Waals surface area contributed by atoms with E-state index < -0.39 is 11.7 Å². The average Bonchev–Trinajstić information content (AvgIpc) is 2.13. The minimum absolute atomic E-state index is 0.137. The SMILES string of the molecule is CC(Cl)/C=C/c1ccccc1C(F)(F)F. The predicted molar refractivity (Wildman–Crippen MR) is 55.8 cm³/mol. The zero-order chi connectivity index (χ0) is 11.5. The normalized spacial score (nSPS) is 14.5. The van der Waals surface area contributed by atoms with Crippen molar-refractivity contribution in [3.05, 3.63) is 41.5 Å². The van der Waals surface area contributed by atoms with Crippen molar-refractivity contribution in [2.75, 3.05) is 0 Å². The van der Waals surface area contributed by atoms with Crippen molar-refractivity contribution in [3.63, 3.8) is 0 Å². The lowest BCUT2D eigenvalue weighted by molar-refractivity contribution is -0.137. The van der Waals surface area contributed by atoms with E-state index in [-0.39, 0.29) is 10.9 Å². The molecule has 0 aliphatic carbocycles. The third-order valence-electron chi connectivity index (χ3n) is 1.81. The molecule has 82 valence electrons. The van der Waals surface area contributed by atoms with Crippen molar-refractivity contribution in [1.82, 2.24) is 0 Å². The first-order chi connectivity index (χ1) is 6.91. The molecule has 1 rings (SSSR count). The Kier molecular flexibility index (Phi) is 3.80. The molecule has 4 heteroatoms. The van der Waals surface area contributed by atoms with Crippen molar-refractivity contribution in [2.45, 2.75) is 18.5 Å². The third-order valence-corrected chi connectivity index (χ3v) is 1.95. The van der Waals surface area contributed by atoms with Crippen LogP contribution in [0.4, 0.5) is 13.2 Å². The van der Waals surface area contributed by atoms with Crippen LogP contribution in [0.2, 0.25) is 0 Å². The number of hydrogen-bond donors (Lipinski definition) is 0. The van der Waals surface area contributed by atoms with Gasteiger partial charge in [0.05, 0.1) is 5.56 Å². The lowest BCUT2D eigenvalue weighted by atomic mass is 10.1. The summed E-state index contributed by atoms with van der Waals surface area (Å²) in [5.41, 5.74) is -0.504. The molecule has 0 aromatic heterocycles. The summed E-state index contributed by atoms with van der Waals surface area (Å²) in [6.07, 6.45) is -1.41. The second-order valence-electron chi connectivity index (χ2n) is 3.12. The highest BCUT2D eigenvalue weighted by atomic mass is 35.5. The molecule has 0 N–H and O–H groups in total. The van der Waals surface area contributed by atoms with Gasteiger partial charge in [-0.25, -0.2) is 0 Å². The molecular formula is C11H10ClF3. The van der Waals surface area contributed by atoms with Gasteiger partial charge in [0, 0.05) is 5.38 Å². The van der Waals surface area contributed by atoms with E-state index in [2.05, 4.69) is 0 Å². The molecule has 1 unspecified atom stereocenters. The monoisotopic (exact) mass is 234 g/mol. The zero-order valence-electron chi connectivity index (χ0n) is 8.05. The van der Waals surface area contributed by atoms with Gasteiger partial charge in [-0.15, -0.1) is 11.6 Å². The molecule has 0 aliphatic rings. The van der Waals surface area contributed by atoms with Crippen LogP contribution < -0.4 is 0 Å². The number of benzene rings is 1. The van der Waals surface area contributed by atoms with Crippen LogP contribution in [0.15, 0.2) is 30.3 Å². The number of allylic oxidation sites excluding steroid dienone is 1. The van der Waals surface area contributed by atoms with Crippen LogP contribution >= 0.6 is 11.6 Å². The molecule has 0 saturated carbocycles. The van der Waals surface area contributed by atoms with E-state index in [1.165, 1.54) is 24.3 Å². The fourth-order valence-corrected chi connectivity index (χ4v) is 1.21. The van der Waals surface area contributed by atoms with Crippen molar-refractivity contribution in [2.24, 2.45) is 0 Å². The fraction of sp³-hybridized carbons (Fsp3) is 0.273. The van der Waals surface area contributed by atoms with E-state index >= 15 is 0 Å². The fourth-order valence-electron chi connectivity index (χ4n) is 1.14. The van der Waals surface area contributed by atoms with Crippen LogP contribution in [-0.4, -0.2) is 5.38 Å². The summed E-state index contributed by atoms with van der Waals surface area (Å²) < 4.78 is 37.5. The lowest BCUT2D eigenvalue weighted by Gasteiger charge is -2.09. The van der Waals surface area contributed by atoms with Gasteiger partial charge in [-0.2, -0.15) is 13.2 Å². The minimum atomic E-state index is -4.32. The minimum Gasteiger partial charge on any atom is -0.166 e. The Hall–Kier alpha value is -0.960. The highest BCUT2D eigenvalue weighted by molar-refractivity contribution is 6.21. The summed E-state index contributed by atoms with van der Waals surface area (Å²) in [5, 5.41) is -0.286. The summed E-state index contributed by atoms with van der Waals surface area (Å²) in [5.74, 6) is 0. The first-order valence-electron chi connectivity index (χ1n) is 4.40. The molecule has 0 spiro atoms. The molecule has 0 aliphatic heterocycles. The van der Waals surface area contributed by atoms with Crippen molar-refractivity contribution in [1.29, 1.82) is 0 Å². The summed E-state index contributed by atoms with van der Waals surface area (Å²) in [6, 6.07) is 5.40. The highest BCUT2D eigenvalue weighted by Crippen LogP contribution is 2.32. The van der Waals surface area contributed by atoms with Crippen LogP contribution in [0.5, 0.6) is 0 Å². The van der Waals surface area contributed by atoms with E-state index in [1.807, 2.05) is 0 Å². The van der Waals surface area contributed by atoms with E-state index in [1.54, 1.807) is 13.0 Å². The molecule has 0 heterocycles. The molecular weight excluding hydrogens is 225 g/mol. The van der Waals surface area contributed by atoms with Gasteiger partial charge in [0.1, 0.15) is 0 Å². The van der Waals surface area contributed by atoms with E-state index in [0.717, 1.165) is 6.07 Å². The van der Waals surface area contributed by atoms with Crippen LogP contribution in [-0.2, 0) is 6.18 Å². The molecule has 0 saturated heterocycles. The smallest absolute Gasteiger partial charge is 0.166 e. The molecule has 0 fully saturated rings. The maximum absolute atomic E-state index is 12.5. The molecule has 0 bridgehead atoms. The van der Waals surface area contributed by atoms with E-state index in [0.29, 0.717) is 0 Å². The van der Waals surface area contributed by atoms with Gasteiger partial charge in [0.15, 0.2) is 0 Å². The molecule has 1 aromatic rings. The Morgan fingerprint density at radius 1 is 1.27 bits per heavy atom. The van der Waals surface area contributed by atoms with Crippen molar-refractivity contribution >= 4 is 17.7 Å². The number of hydrogen-bond acceptors (Lipinski definition) is 0. The predicted octanol–water partition coefficient (Wildman–Crippen LogP) is 4.35. The van der Waals surface area contributed by atoms with Gasteiger partial charge < -0.3 is 0 Å². The summed E-state index contributed by atoms with van der Waals surface area (Å²) in [6.45, 7) is 1.69. The summed E-state index contributed by atoms with van der Waals surface area (Å²) in [4.78, 5) is 0. The van der Waals surface area contributed by atoms with E-state index in [4.69, 9.17) is 11.6 Å². The summed E-state index contributed by atoms with van der Waals surface area (Å²) in [7, 11) is 0. The zero-order valence-corrected chi connectivity index (χ0v) is 8.81. The van der Waals surface area contributed by atoms with Crippen molar-refractivity contribution in [3.8, 4) is 0 Å². The molecule has 1 atom stereocenters. The second kappa shape index (κ2) is 4.71. The molecule has 15 heavy (non-hydrogen) atoms. The van der Waals surface area contributed by atoms with Gasteiger partial charge >= 0.3 is 6.18 Å². The Morgan fingerprint density at radius 2 is 1.87 bits per heavy atom. The average molecular weight is 235 g/mol. The molecule has 1 aromatic carbocycles. The number of halogens is 4. The lowest BCUT2D eigenvalue weighted by Crippen LogP contribution is -2.06. The maximum atomic E-state index is 12.5. The van der Waals surface area contributed by atoms with Crippen LogP contribution in [0.3, 0.4) is 0 Å². The van der Waals surface area contributed by atoms with Gasteiger partial charge in [-0.1, -0.05) is 30.4 Å². The largest absolute Gasteiger partial charge is 0.416 e. The molecule has 0 nitrogen and oxygen atoms in total. The van der Waals surface area contributed by atoms with Crippen LogP contribution in [0, 0.1) is 0 Å². The Labute approximate surface area is 91.4 Å². The van der Waals surface area contributed by atoms with Gasteiger partial charge in [0.25, 0.3) is 0 Å². The quantitative estimate of drug-likeness (QED) is 0.668. The first-order valence-corrected chi connectivity index (χ1v) is 4.83. The number of alkyl halides is 4.